The second-order valence-electron chi connectivity index (χ2n) is 10.0. The molecule has 7 atom stereocenters. The molecule has 2 aliphatic carbocycles. The number of Topliss-reactive ketones (excluding diaryl/α,β-unsaturated/α-hetero) is 1. The molecule has 0 amide bonds. The fraction of sp³-hybridized carbons (Fsp3) is 0.680. The SMILES string of the molecule is CC(=O)C1CC[C@H]2[C@H](CCOS(=O)(=O)c3ccc(C)cc3)[C@@H](C(C)C(O)C#N)CC[C@]12C. The predicted molar refractivity (Wildman–Crippen MR) is 121 cm³/mol. The van der Waals surface area contributed by atoms with E-state index in [-0.39, 0.29) is 52.3 Å². The number of carbonyl (C=O) groups is 1. The number of ketones is 1. The molecule has 1 aromatic rings. The maximum Gasteiger partial charge on any atom is 0.296 e. The van der Waals surface area contributed by atoms with Crippen LogP contribution in [0.3, 0.4) is 0 Å². The lowest BCUT2D eigenvalue weighted by atomic mass is 9.54. The van der Waals surface area contributed by atoms with Crippen molar-refractivity contribution in [3.8, 4) is 6.07 Å². The van der Waals surface area contributed by atoms with Crippen molar-refractivity contribution in [2.45, 2.75) is 70.8 Å². The Labute approximate surface area is 192 Å². The van der Waals surface area contributed by atoms with Crippen molar-refractivity contribution in [2.24, 2.45) is 35.0 Å². The van der Waals surface area contributed by atoms with E-state index in [0.717, 1.165) is 31.2 Å². The van der Waals surface area contributed by atoms with E-state index in [1.807, 2.05) is 19.9 Å². The third-order valence-electron chi connectivity index (χ3n) is 8.29. The predicted octanol–water partition coefficient (Wildman–Crippen LogP) is 4.26. The van der Waals surface area contributed by atoms with Gasteiger partial charge in [-0.3, -0.25) is 8.98 Å². The molecule has 3 rings (SSSR count). The smallest absolute Gasteiger partial charge is 0.296 e. The van der Waals surface area contributed by atoms with Crippen molar-refractivity contribution in [3.05, 3.63) is 29.8 Å². The van der Waals surface area contributed by atoms with Gasteiger partial charge in [0.1, 0.15) is 11.9 Å². The van der Waals surface area contributed by atoms with Crippen LogP contribution in [0.2, 0.25) is 0 Å². The van der Waals surface area contributed by atoms with E-state index >= 15 is 0 Å². The average molecular weight is 462 g/mol. The summed E-state index contributed by atoms with van der Waals surface area (Å²) in [7, 11) is -3.85. The summed E-state index contributed by atoms with van der Waals surface area (Å²) in [5, 5.41) is 19.5. The first kappa shape index (κ1) is 24.9. The zero-order valence-corrected chi connectivity index (χ0v) is 20.3. The minimum absolute atomic E-state index is 0.0179. The van der Waals surface area contributed by atoms with E-state index in [0.29, 0.717) is 6.42 Å². The maximum atomic E-state index is 12.6. The lowest BCUT2D eigenvalue weighted by Gasteiger charge is -2.50. The average Bonchev–Trinajstić information content (AvgIpc) is 3.10. The largest absolute Gasteiger partial charge is 0.378 e. The highest BCUT2D eigenvalue weighted by atomic mass is 32.2. The van der Waals surface area contributed by atoms with Gasteiger partial charge in [0.25, 0.3) is 10.1 Å². The van der Waals surface area contributed by atoms with Gasteiger partial charge in [-0.2, -0.15) is 13.7 Å². The van der Waals surface area contributed by atoms with Crippen molar-refractivity contribution < 1.29 is 22.5 Å². The van der Waals surface area contributed by atoms with E-state index in [9.17, 15) is 23.6 Å². The monoisotopic (exact) mass is 461 g/mol. The summed E-state index contributed by atoms with van der Waals surface area (Å²) in [4.78, 5) is 12.5. The van der Waals surface area contributed by atoms with Gasteiger partial charge in [0.15, 0.2) is 0 Å². The van der Waals surface area contributed by atoms with Gasteiger partial charge in [0.05, 0.1) is 17.6 Å². The van der Waals surface area contributed by atoms with E-state index in [1.165, 1.54) is 0 Å². The molecule has 3 unspecified atom stereocenters. The topological polar surface area (TPSA) is 104 Å². The third-order valence-corrected chi connectivity index (χ3v) is 9.61. The summed E-state index contributed by atoms with van der Waals surface area (Å²) in [6.45, 7) is 7.69. The molecular formula is C25H35NO5S. The van der Waals surface area contributed by atoms with Gasteiger partial charge >= 0.3 is 0 Å². The Morgan fingerprint density at radius 2 is 1.94 bits per heavy atom. The van der Waals surface area contributed by atoms with E-state index in [4.69, 9.17) is 4.18 Å². The number of aliphatic hydroxyl groups excluding tert-OH is 1. The second kappa shape index (κ2) is 9.62. The highest BCUT2D eigenvalue weighted by molar-refractivity contribution is 7.86. The zero-order chi connectivity index (χ0) is 23.7. The number of nitrogens with zero attached hydrogens (tertiary/aromatic N) is 1. The molecule has 176 valence electrons. The molecule has 6 nitrogen and oxygen atoms in total. The van der Waals surface area contributed by atoms with Crippen molar-refractivity contribution in [3.63, 3.8) is 0 Å². The molecule has 7 heteroatoms. The lowest BCUT2D eigenvalue weighted by molar-refractivity contribution is -0.127. The zero-order valence-electron chi connectivity index (χ0n) is 19.5. The Morgan fingerprint density at radius 1 is 1.28 bits per heavy atom. The molecule has 2 fully saturated rings. The summed E-state index contributed by atoms with van der Waals surface area (Å²) in [5.74, 6) is 0.428. The first-order chi connectivity index (χ1) is 15.0. The fourth-order valence-electron chi connectivity index (χ4n) is 6.47. The molecule has 2 saturated carbocycles. The van der Waals surface area contributed by atoms with Crippen LogP contribution in [0.25, 0.3) is 0 Å². The maximum absolute atomic E-state index is 12.6. The van der Waals surface area contributed by atoms with Crippen LogP contribution in [0.1, 0.15) is 58.4 Å². The summed E-state index contributed by atoms with van der Waals surface area (Å²) in [5.41, 5.74) is 0.847. The Kier molecular flexibility index (Phi) is 7.48. The van der Waals surface area contributed by atoms with Gasteiger partial charge in [-0.1, -0.05) is 31.5 Å². The molecule has 2 aliphatic rings. The van der Waals surface area contributed by atoms with Crippen molar-refractivity contribution in [2.75, 3.05) is 6.61 Å². The van der Waals surface area contributed by atoms with Crippen LogP contribution in [-0.4, -0.2) is 32.0 Å². The minimum Gasteiger partial charge on any atom is -0.378 e. The third kappa shape index (κ3) is 4.78. The number of nitriles is 1. The van der Waals surface area contributed by atoms with E-state index in [1.54, 1.807) is 31.2 Å². The molecule has 0 heterocycles. The van der Waals surface area contributed by atoms with Crippen molar-refractivity contribution >= 4 is 15.9 Å². The van der Waals surface area contributed by atoms with Crippen LogP contribution >= 0.6 is 0 Å². The van der Waals surface area contributed by atoms with Crippen molar-refractivity contribution in [1.29, 1.82) is 5.26 Å². The molecule has 1 N–H and O–H groups in total. The number of rotatable bonds is 8. The fourth-order valence-corrected chi connectivity index (χ4v) is 7.39. The standard InChI is InChI=1S/C25H35NO5S/c1-16-5-7-19(8-6-16)32(29,30)31-14-12-21-20(17(2)24(28)15-26)11-13-25(4)22(18(3)27)9-10-23(21)25/h5-8,17,20-24,28H,9-14H2,1-4H3/t17?,20-,21-,22?,23+,24?,25-/m1/s1. The first-order valence-corrected chi connectivity index (χ1v) is 13.0. The van der Waals surface area contributed by atoms with Crippen molar-refractivity contribution in [1.82, 2.24) is 0 Å². The molecule has 0 aromatic heterocycles. The van der Waals surface area contributed by atoms with Crippen LogP contribution in [0.5, 0.6) is 0 Å². The molecule has 0 spiro atoms. The molecule has 0 aliphatic heterocycles. The van der Waals surface area contributed by atoms with Crippen LogP contribution in [0.15, 0.2) is 29.2 Å². The summed E-state index contributed by atoms with van der Waals surface area (Å²) < 4.78 is 30.7. The molecule has 0 bridgehead atoms. The molecule has 32 heavy (non-hydrogen) atoms. The lowest BCUT2D eigenvalue weighted by Crippen LogP contribution is -2.46. The molecular weight excluding hydrogens is 426 g/mol. The summed E-state index contributed by atoms with van der Waals surface area (Å²) in [6.07, 6.45) is 2.90. The van der Waals surface area contributed by atoms with Crippen LogP contribution in [-0.2, 0) is 19.1 Å². The van der Waals surface area contributed by atoms with Crippen LogP contribution in [0, 0.1) is 53.3 Å². The Bertz CT molecular complexity index is 967. The van der Waals surface area contributed by atoms with Gasteiger partial charge in [0.2, 0.25) is 0 Å². The molecule has 0 radical (unpaired) electrons. The number of benzene rings is 1. The molecule has 0 saturated heterocycles. The van der Waals surface area contributed by atoms with Gasteiger partial charge in [-0.25, -0.2) is 0 Å². The van der Waals surface area contributed by atoms with Gasteiger partial charge < -0.3 is 5.11 Å². The second-order valence-corrected chi connectivity index (χ2v) is 11.6. The quantitative estimate of drug-likeness (QED) is 0.458. The highest BCUT2D eigenvalue weighted by Crippen LogP contribution is 2.61. The Hall–Kier alpha value is -1.75. The number of hydrogen-bond donors (Lipinski definition) is 1. The Morgan fingerprint density at radius 3 is 2.53 bits per heavy atom. The highest BCUT2D eigenvalue weighted by Gasteiger charge is 2.55. The molecule has 1 aromatic carbocycles. The first-order valence-electron chi connectivity index (χ1n) is 11.6. The van der Waals surface area contributed by atoms with Gasteiger partial charge in [-0.05, 0) is 87.2 Å². The van der Waals surface area contributed by atoms with Gasteiger partial charge in [0, 0.05) is 5.92 Å². The Balaban J connectivity index is 1.79. The number of aliphatic hydroxyl groups is 1. The number of fused-ring (bicyclic) bond motifs is 1. The summed E-state index contributed by atoms with van der Waals surface area (Å²) in [6, 6.07) is 8.53. The van der Waals surface area contributed by atoms with Crippen LogP contribution < -0.4 is 0 Å². The minimum atomic E-state index is -3.85. The number of carbonyl (C=O) groups excluding carboxylic acids is 1. The number of hydrogen-bond acceptors (Lipinski definition) is 6. The normalized spacial score (nSPS) is 32.0. The van der Waals surface area contributed by atoms with E-state index < -0.39 is 16.2 Å². The number of aryl methyl sites for hydroxylation is 1. The van der Waals surface area contributed by atoms with Crippen LogP contribution in [0.4, 0.5) is 0 Å². The van der Waals surface area contributed by atoms with Gasteiger partial charge in [-0.15, -0.1) is 0 Å². The van der Waals surface area contributed by atoms with E-state index in [2.05, 4.69) is 6.92 Å². The summed E-state index contributed by atoms with van der Waals surface area (Å²) >= 11 is 0.